The lowest BCUT2D eigenvalue weighted by atomic mass is 10.0. The third kappa shape index (κ3) is 3.20. The summed E-state index contributed by atoms with van der Waals surface area (Å²) in [7, 11) is 0. The van der Waals surface area contributed by atoms with Gasteiger partial charge in [-0.05, 0) is 26.2 Å². The zero-order valence-corrected chi connectivity index (χ0v) is 8.77. The lowest BCUT2D eigenvalue weighted by Gasteiger charge is -2.14. The summed E-state index contributed by atoms with van der Waals surface area (Å²) >= 11 is 0. The molecule has 0 saturated heterocycles. The Morgan fingerprint density at radius 2 is 2.00 bits per heavy atom. The van der Waals surface area contributed by atoms with Gasteiger partial charge in [0.25, 0.3) is 0 Å². The van der Waals surface area contributed by atoms with E-state index in [2.05, 4.69) is 5.32 Å². The fraction of sp³-hybridized carbons (Fsp3) is 0.800. The molecule has 0 aromatic heterocycles. The number of carbonyl (C=O) groups excluding carboxylic acids is 1. The first kappa shape index (κ1) is 12.0. The number of rotatable bonds is 4. The average Bonchev–Trinajstić information content (AvgIpc) is 2.66. The molecule has 15 heavy (non-hydrogen) atoms. The Labute approximate surface area is 88.5 Å². The van der Waals surface area contributed by atoms with Crippen molar-refractivity contribution in [2.24, 2.45) is 11.8 Å². The molecule has 3 N–H and O–H groups in total. The monoisotopic (exact) mass is 215 g/mol. The number of hydrogen-bond donors (Lipinski definition) is 3. The number of aliphatic hydroxyl groups is 1. The van der Waals surface area contributed by atoms with Crippen LogP contribution in [0.5, 0.6) is 0 Å². The molecule has 86 valence electrons. The van der Waals surface area contributed by atoms with Crippen LogP contribution in [-0.4, -0.2) is 34.7 Å². The maximum Gasteiger partial charge on any atom is 0.306 e. The molecule has 1 aliphatic rings. The quantitative estimate of drug-likeness (QED) is 0.615. The molecule has 3 atom stereocenters. The molecule has 0 aromatic rings. The highest BCUT2D eigenvalue weighted by Crippen LogP contribution is 2.31. The largest absolute Gasteiger partial charge is 0.481 e. The second-order valence-corrected chi connectivity index (χ2v) is 4.14. The van der Waals surface area contributed by atoms with Crippen molar-refractivity contribution in [2.45, 2.75) is 32.2 Å². The van der Waals surface area contributed by atoms with Crippen LogP contribution in [-0.2, 0) is 9.59 Å². The number of aliphatic carboxylic acids is 1. The smallest absolute Gasteiger partial charge is 0.306 e. The zero-order valence-electron chi connectivity index (χ0n) is 8.77. The molecule has 5 nitrogen and oxygen atoms in total. The van der Waals surface area contributed by atoms with E-state index in [1.54, 1.807) is 6.92 Å². The number of aliphatic hydroxyl groups excluding tert-OH is 1. The molecule has 1 rings (SSSR count). The summed E-state index contributed by atoms with van der Waals surface area (Å²) in [6.45, 7) is 1.61. The summed E-state index contributed by atoms with van der Waals surface area (Å²) in [4.78, 5) is 22.2. The predicted molar refractivity (Wildman–Crippen MR) is 53.2 cm³/mol. The lowest BCUT2D eigenvalue weighted by Crippen LogP contribution is -2.38. The van der Waals surface area contributed by atoms with Gasteiger partial charge in [-0.15, -0.1) is 0 Å². The van der Waals surface area contributed by atoms with Crippen molar-refractivity contribution in [3.05, 3.63) is 0 Å². The van der Waals surface area contributed by atoms with Crippen LogP contribution >= 0.6 is 0 Å². The van der Waals surface area contributed by atoms with E-state index in [0.717, 1.165) is 0 Å². The number of amides is 1. The van der Waals surface area contributed by atoms with Gasteiger partial charge in [0, 0.05) is 12.0 Å². The fourth-order valence-electron chi connectivity index (χ4n) is 1.85. The Bertz CT molecular complexity index is 254. The van der Waals surface area contributed by atoms with E-state index in [0.29, 0.717) is 19.3 Å². The molecule has 0 aliphatic heterocycles. The minimum atomic E-state index is -0.819. The Balaban J connectivity index is 2.40. The van der Waals surface area contributed by atoms with Crippen LogP contribution in [0, 0.1) is 11.8 Å². The van der Waals surface area contributed by atoms with Crippen molar-refractivity contribution in [3.63, 3.8) is 0 Å². The highest BCUT2D eigenvalue weighted by atomic mass is 16.4. The Morgan fingerprint density at radius 3 is 2.47 bits per heavy atom. The number of carboxylic acids is 1. The summed E-state index contributed by atoms with van der Waals surface area (Å²) in [5.74, 6) is -1.55. The lowest BCUT2D eigenvalue weighted by molar-refractivity contribution is -0.141. The predicted octanol–water partition coefficient (Wildman–Crippen LogP) is -0.0157. The van der Waals surface area contributed by atoms with Crippen LogP contribution in [0.4, 0.5) is 0 Å². The number of carboxylic acid groups (broad SMARTS) is 1. The Kier molecular flexibility index (Phi) is 4.08. The summed E-state index contributed by atoms with van der Waals surface area (Å²) in [5, 5.41) is 20.2. The minimum Gasteiger partial charge on any atom is -0.481 e. The van der Waals surface area contributed by atoms with Gasteiger partial charge < -0.3 is 15.5 Å². The van der Waals surface area contributed by atoms with Crippen LogP contribution < -0.4 is 5.32 Å². The summed E-state index contributed by atoms with van der Waals surface area (Å²) in [6.07, 6.45) is 1.61. The summed E-state index contributed by atoms with van der Waals surface area (Å²) < 4.78 is 0. The van der Waals surface area contributed by atoms with Crippen LogP contribution in [0.2, 0.25) is 0 Å². The van der Waals surface area contributed by atoms with Crippen molar-refractivity contribution in [1.29, 1.82) is 0 Å². The van der Waals surface area contributed by atoms with E-state index in [-0.39, 0.29) is 30.4 Å². The highest BCUT2D eigenvalue weighted by molar-refractivity contribution is 5.81. The van der Waals surface area contributed by atoms with Crippen molar-refractivity contribution >= 4 is 11.9 Å². The molecular formula is C10H17NO4. The third-order valence-corrected chi connectivity index (χ3v) is 2.82. The number of nitrogens with one attached hydrogen (secondary N) is 1. The van der Waals surface area contributed by atoms with Crippen molar-refractivity contribution < 1.29 is 19.8 Å². The van der Waals surface area contributed by atoms with Gasteiger partial charge in [0.1, 0.15) is 0 Å². The maximum absolute atomic E-state index is 11.6. The Morgan fingerprint density at radius 1 is 1.40 bits per heavy atom. The van der Waals surface area contributed by atoms with Crippen molar-refractivity contribution in [1.82, 2.24) is 5.32 Å². The first-order chi connectivity index (χ1) is 7.04. The average molecular weight is 215 g/mol. The maximum atomic E-state index is 11.6. The first-order valence-corrected chi connectivity index (χ1v) is 5.18. The van der Waals surface area contributed by atoms with Gasteiger partial charge in [0.05, 0.1) is 12.5 Å². The molecule has 5 heteroatoms. The van der Waals surface area contributed by atoms with E-state index >= 15 is 0 Å². The molecular weight excluding hydrogens is 198 g/mol. The molecule has 0 radical (unpaired) electrons. The van der Waals surface area contributed by atoms with E-state index in [1.807, 2.05) is 0 Å². The molecule has 3 unspecified atom stereocenters. The van der Waals surface area contributed by atoms with Gasteiger partial charge in [-0.25, -0.2) is 0 Å². The third-order valence-electron chi connectivity index (χ3n) is 2.82. The zero-order chi connectivity index (χ0) is 11.4. The number of carbonyl (C=O) groups is 2. The van der Waals surface area contributed by atoms with E-state index in [9.17, 15) is 9.59 Å². The topological polar surface area (TPSA) is 86.6 Å². The van der Waals surface area contributed by atoms with Gasteiger partial charge in [-0.3, -0.25) is 9.59 Å². The van der Waals surface area contributed by atoms with Crippen molar-refractivity contribution in [2.75, 3.05) is 6.61 Å². The molecule has 1 saturated carbocycles. The van der Waals surface area contributed by atoms with Gasteiger partial charge in [0.2, 0.25) is 5.91 Å². The van der Waals surface area contributed by atoms with Gasteiger partial charge in [-0.1, -0.05) is 0 Å². The van der Waals surface area contributed by atoms with E-state index in [4.69, 9.17) is 10.2 Å². The van der Waals surface area contributed by atoms with Gasteiger partial charge >= 0.3 is 5.97 Å². The number of hydrogen-bond acceptors (Lipinski definition) is 3. The molecule has 1 fully saturated rings. The normalized spacial score (nSPS) is 27.3. The van der Waals surface area contributed by atoms with Crippen LogP contribution in [0.1, 0.15) is 26.2 Å². The van der Waals surface area contributed by atoms with Crippen LogP contribution in [0.15, 0.2) is 0 Å². The second-order valence-electron chi connectivity index (χ2n) is 4.14. The first-order valence-electron chi connectivity index (χ1n) is 5.18. The summed E-state index contributed by atoms with van der Waals surface area (Å²) in [5.41, 5.74) is 0. The van der Waals surface area contributed by atoms with Crippen molar-refractivity contribution in [3.8, 4) is 0 Å². The van der Waals surface area contributed by atoms with E-state index < -0.39 is 5.97 Å². The van der Waals surface area contributed by atoms with Gasteiger partial charge in [0.15, 0.2) is 0 Å². The molecule has 0 bridgehead atoms. The fourth-order valence-corrected chi connectivity index (χ4v) is 1.85. The molecule has 1 aliphatic carbocycles. The second kappa shape index (κ2) is 5.11. The Hall–Kier alpha value is -1.10. The minimum absolute atomic E-state index is 0.0964. The standard InChI is InChI=1S/C10H17NO4/c1-6(5-12)11-9(13)7-2-3-8(4-7)10(14)15/h6-8,12H,2-5H2,1H3,(H,11,13)(H,14,15). The molecule has 1 amide bonds. The van der Waals surface area contributed by atoms with Gasteiger partial charge in [-0.2, -0.15) is 0 Å². The molecule has 0 aromatic carbocycles. The SMILES string of the molecule is CC(CO)NC(=O)C1CCC(C(=O)O)C1. The van der Waals surface area contributed by atoms with E-state index in [1.165, 1.54) is 0 Å². The van der Waals surface area contributed by atoms with Crippen LogP contribution in [0.25, 0.3) is 0 Å². The highest BCUT2D eigenvalue weighted by Gasteiger charge is 2.33. The molecule has 0 spiro atoms. The van der Waals surface area contributed by atoms with Crippen LogP contribution in [0.3, 0.4) is 0 Å². The molecule has 0 heterocycles. The summed E-state index contributed by atoms with van der Waals surface area (Å²) in [6, 6.07) is -0.263.